The molecule has 1 atom stereocenters. The van der Waals surface area contributed by atoms with Crippen LogP contribution in [0.1, 0.15) is 22.9 Å². The average Bonchev–Trinajstić information content (AvgIpc) is 2.36. The molecule has 0 aliphatic rings. The zero-order valence-electron chi connectivity index (χ0n) is 9.88. The zero-order valence-corrected chi connectivity index (χ0v) is 9.88. The lowest BCUT2D eigenvalue weighted by atomic mass is 10.0. The molecule has 2 aromatic heterocycles. The van der Waals surface area contributed by atoms with Crippen LogP contribution in [0.25, 0.3) is 0 Å². The van der Waals surface area contributed by atoms with Crippen molar-refractivity contribution in [3.05, 3.63) is 47.7 Å². The summed E-state index contributed by atoms with van der Waals surface area (Å²) in [5, 5.41) is 3.19. The number of nitrogen functional groups attached to an aromatic ring is 1. The van der Waals surface area contributed by atoms with Gasteiger partial charge in [0.05, 0.1) is 11.7 Å². The van der Waals surface area contributed by atoms with Crippen LogP contribution in [-0.2, 0) is 0 Å². The molecule has 3 N–H and O–H groups in total. The molecule has 17 heavy (non-hydrogen) atoms. The highest BCUT2D eigenvalue weighted by Gasteiger charge is 2.16. The van der Waals surface area contributed by atoms with Crippen molar-refractivity contribution in [3.8, 4) is 0 Å². The van der Waals surface area contributed by atoms with Crippen LogP contribution in [0.15, 0.2) is 30.9 Å². The lowest BCUT2D eigenvalue weighted by Crippen LogP contribution is -2.20. The molecule has 88 valence electrons. The van der Waals surface area contributed by atoms with Crippen LogP contribution in [0.5, 0.6) is 0 Å². The van der Waals surface area contributed by atoms with Gasteiger partial charge in [-0.05, 0) is 31.7 Å². The van der Waals surface area contributed by atoms with Gasteiger partial charge in [-0.2, -0.15) is 0 Å². The van der Waals surface area contributed by atoms with Crippen LogP contribution >= 0.6 is 0 Å². The summed E-state index contributed by atoms with van der Waals surface area (Å²) in [5.41, 5.74) is 8.79. The Balaban J connectivity index is 2.46. The first-order valence-electron chi connectivity index (χ1n) is 5.37. The van der Waals surface area contributed by atoms with Gasteiger partial charge in [0.15, 0.2) is 0 Å². The Bertz CT molecular complexity index is 498. The molecule has 0 aromatic carbocycles. The summed E-state index contributed by atoms with van der Waals surface area (Å²) in [7, 11) is 1.87. The second-order valence-corrected chi connectivity index (χ2v) is 3.84. The van der Waals surface area contributed by atoms with Gasteiger partial charge in [-0.15, -0.1) is 0 Å². The molecule has 0 amide bonds. The Labute approximate surface area is 100 Å². The number of aromatic nitrogens is 3. The number of anilines is 1. The highest BCUT2D eigenvalue weighted by Crippen LogP contribution is 2.24. The summed E-state index contributed by atoms with van der Waals surface area (Å²) in [4.78, 5) is 12.3. The third-order valence-corrected chi connectivity index (χ3v) is 2.59. The van der Waals surface area contributed by atoms with E-state index in [0.717, 1.165) is 16.8 Å². The maximum Gasteiger partial charge on any atom is 0.128 e. The van der Waals surface area contributed by atoms with E-state index in [2.05, 4.69) is 20.3 Å². The minimum atomic E-state index is -0.0644. The molecule has 5 nitrogen and oxygen atoms in total. The lowest BCUT2D eigenvalue weighted by Gasteiger charge is -2.17. The largest absolute Gasteiger partial charge is 0.383 e. The van der Waals surface area contributed by atoms with E-state index in [1.165, 1.54) is 6.33 Å². The van der Waals surface area contributed by atoms with Crippen molar-refractivity contribution in [2.75, 3.05) is 12.8 Å². The number of hydrogen-bond donors (Lipinski definition) is 2. The Kier molecular flexibility index (Phi) is 3.30. The first-order valence-corrected chi connectivity index (χ1v) is 5.37. The van der Waals surface area contributed by atoms with Crippen molar-refractivity contribution in [2.45, 2.75) is 13.0 Å². The van der Waals surface area contributed by atoms with Crippen molar-refractivity contribution in [1.29, 1.82) is 0 Å². The first kappa shape index (κ1) is 11.5. The molecule has 0 fully saturated rings. The van der Waals surface area contributed by atoms with Gasteiger partial charge in [-0.3, -0.25) is 0 Å². The SMILES string of the molecule is CNC(c1ccncn1)c1cc(C)cnc1N. The maximum atomic E-state index is 5.91. The van der Waals surface area contributed by atoms with Crippen molar-refractivity contribution in [3.63, 3.8) is 0 Å². The Morgan fingerprint density at radius 3 is 2.82 bits per heavy atom. The van der Waals surface area contributed by atoms with Crippen LogP contribution < -0.4 is 11.1 Å². The molecule has 5 heteroatoms. The molecule has 0 saturated carbocycles. The van der Waals surface area contributed by atoms with Crippen molar-refractivity contribution < 1.29 is 0 Å². The first-order chi connectivity index (χ1) is 8.22. The van der Waals surface area contributed by atoms with Gasteiger partial charge in [-0.25, -0.2) is 15.0 Å². The number of nitrogens with zero attached hydrogens (tertiary/aromatic N) is 3. The van der Waals surface area contributed by atoms with Crippen LogP contribution in [-0.4, -0.2) is 22.0 Å². The monoisotopic (exact) mass is 229 g/mol. The molecule has 0 bridgehead atoms. The minimum Gasteiger partial charge on any atom is -0.383 e. The van der Waals surface area contributed by atoms with Crippen LogP contribution in [0.2, 0.25) is 0 Å². The van der Waals surface area contributed by atoms with Gasteiger partial charge < -0.3 is 11.1 Å². The van der Waals surface area contributed by atoms with Crippen molar-refractivity contribution in [2.24, 2.45) is 0 Å². The molecule has 0 radical (unpaired) electrons. The molecule has 1 unspecified atom stereocenters. The van der Waals surface area contributed by atoms with E-state index in [-0.39, 0.29) is 6.04 Å². The predicted octanol–water partition coefficient (Wildman–Crippen LogP) is 1.07. The fraction of sp³-hybridized carbons (Fsp3) is 0.250. The fourth-order valence-corrected chi connectivity index (χ4v) is 1.77. The Morgan fingerprint density at radius 1 is 1.35 bits per heavy atom. The molecule has 2 aromatic rings. The van der Waals surface area contributed by atoms with Crippen LogP contribution in [0.3, 0.4) is 0 Å². The lowest BCUT2D eigenvalue weighted by molar-refractivity contribution is 0.667. The fourth-order valence-electron chi connectivity index (χ4n) is 1.77. The number of nitrogens with two attached hydrogens (primary N) is 1. The number of hydrogen-bond acceptors (Lipinski definition) is 5. The van der Waals surface area contributed by atoms with E-state index in [0.29, 0.717) is 5.82 Å². The molecular weight excluding hydrogens is 214 g/mol. The number of rotatable bonds is 3. The van der Waals surface area contributed by atoms with Gasteiger partial charge >= 0.3 is 0 Å². The second-order valence-electron chi connectivity index (χ2n) is 3.84. The van der Waals surface area contributed by atoms with E-state index in [4.69, 9.17) is 5.73 Å². The predicted molar refractivity (Wildman–Crippen MR) is 66.3 cm³/mol. The summed E-state index contributed by atoms with van der Waals surface area (Å²) < 4.78 is 0. The number of pyridine rings is 1. The molecule has 2 rings (SSSR count). The van der Waals surface area contributed by atoms with E-state index in [1.54, 1.807) is 12.4 Å². The summed E-state index contributed by atoms with van der Waals surface area (Å²) in [6.45, 7) is 1.99. The molecule has 2 heterocycles. The van der Waals surface area contributed by atoms with E-state index in [9.17, 15) is 0 Å². The van der Waals surface area contributed by atoms with Gasteiger partial charge in [0.1, 0.15) is 12.1 Å². The molecule has 0 saturated heterocycles. The van der Waals surface area contributed by atoms with Crippen molar-refractivity contribution >= 4 is 5.82 Å². The van der Waals surface area contributed by atoms with E-state index in [1.807, 2.05) is 26.1 Å². The number of aryl methyl sites for hydroxylation is 1. The Hall–Kier alpha value is -2.01. The smallest absolute Gasteiger partial charge is 0.128 e. The highest BCUT2D eigenvalue weighted by atomic mass is 14.9. The third kappa shape index (κ3) is 2.39. The Morgan fingerprint density at radius 2 is 2.18 bits per heavy atom. The van der Waals surface area contributed by atoms with Gasteiger partial charge in [-0.1, -0.05) is 0 Å². The van der Waals surface area contributed by atoms with Crippen LogP contribution in [0, 0.1) is 6.92 Å². The van der Waals surface area contributed by atoms with Gasteiger partial charge in [0.25, 0.3) is 0 Å². The van der Waals surface area contributed by atoms with Crippen molar-refractivity contribution in [1.82, 2.24) is 20.3 Å². The molecular formula is C12H15N5. The summed E-state index contributed by atoms with van der Waals surface area (Å²) in [6, 6.07) is 3.82. The standard InChI is InChI=1S/C12H15N5/c1-8-5-9(12(13)16-6-8)11(14-2)10-3-4-15-7-17-10/h3-7,11,14H,1-2H3,(H2,13,16). The normalized spacial score (nSPS) is 12.4. The maximum absolute atomic E-state index is 5.91. The van der Waals surface area contributed by atoms with E-state index < -0.39 is 0 Å². The second kappa shape index (κ2) is 4.88. The summed E-state index contributed by atoms with van der Waals surface area (Å²) >= 11 is 0. The molecule has 0 aliphatic heterocycles. The van der Waals surface area contributed by atoms with E-state index >= 15 is 0 Å². The average molecular weight is 229 g/mol. The zero-order chi connectivity index (χ0) is 12.3. The quantitative estimate of drug-likeness (QED) is 0.823. The topological polar surface area (TPSA) is 76.7 Å². The molecule has 0 aliphatic carbocycles. The minimum absolute atomic E-state index is 0.0644. The summed E-state index contributed by atoms with van der Waals surface area (Å²) in [6.07, 6.45) is 5.00. The highest BCUT2D eigenvalue weighted by molar-refractivity contribution is 5.45. The van der Waals surface area contributed by atoms with Gasteiger partial charge in [0, 0.05) is 18.0 Å². The van der Waals surface area contributed by atoms with Crippen LogP contribution in [0.4, 0.5) is 5.82 Å². The third-order valence-electron chi connectivity index (χ3n) is 2.59. The van der Waals surface area contributed by atoms with Gasteiger partial charge in [0.2, 0.25) is 0 Å². The molecule has 0 spiro atoms. The summed E-state index contributed by atoms with van der Waals surface area (Å²) in [5.74, 6) is 0.522. The number of nitrogens with one attached hydrogen (secondary N) is 1.